The van der Waals surface area contributed by atoms with E-state index in [1.165, 1.54) is 0 Å². The molecule has 2 aromatic rings. The van der Waals surface area contributed by atoms with E-state index in [1.807, 2.05) is 6.92 Å². The molecule has 0 N–H and O–H groups in total. The standard InChI is InChI=1S/C16H16F2N4O/c1-2-14-20-16(21-23-14)11-4-3-5-22(9-11)15-12(17)6-10(8-19)7-13(15)18/h6-7,11H,2-5,9H2,1H3/t11-/m0/s1. The Kier molecular flexibility index (Phi) is 4.24. The highest BCUT2D eigenvalue weighted by Crippen LogP contribution is 2.32. The Morgan fingerprint density at radius 2 is 2.13 bits per heavy atom. The first kappa shape index (κ1) is 15.4. The number of hydrogen-bond donors (Lipinski definition) is 0. The first-order chi connectivity index (χ1) is 11.1. The van der Waals surface area contributed by atoms with Crippen molar-refractivity contribution < 1.29 is 13.3 Å². The zero-order valence-electron chi connectivity index (χ0n) is 12.7. The summed E-state index contributed by atoms with van der Waals surface area (Å²) in [5.74, 6) is -0.315. The van der Waals surface area contributed by atoms with Gasteiger partial charge in [0.1, 0.15) is 5.69 Å². The van der Waals surface area contributed by atoms with Crippen LogP contribution < -0.4 is 4.90 Å². The summed E-state index contributed by atoms with van der Waals surface area (Å²) in [6.07, 6.45) is 2.28. The second kappa shape index (κ2) is 6.32. The average molecular weight is 318 g/mol. The van der Waals surface area contributed by atoms with Crippen LogP contribution in [0.4, 0.5) is 14.5 Å². The van der Waals surface area contributed by atoms with Gasteiger partial charge in [-0.2, -0.15) is 10.2 Å². The normalized spacial score (nSPS) is 18.0. The van der Waals surface area contributed by atoms with E-state index in [4.69, 9.17) is 9.78 Å². The highest BCUT2D eigenvalue weighted by Gasteiger charge is 2.28. The number of piperidine rings is 1. The quantitative estimate of drug-likeness (QED) is 0.869. The summed E-state index contributed by atoms with van der Waals surface area (Å²) in [4.78, 5) is 5.97. The van der Waals surface area contributed by atoms with Crippen molar-refractivity contribution in [2.45, 2.75) is 32.1 Å². The van der Waals surface area contributed by atoms with Crippen molar-refractivity contribution in [3.63, 3.8) is 0 Å². The number of hydrogen-bond acceptors (Lipinski definition) is 5. The maximum atomic E-state index is 14.2. The van der Waals surface area contributed by atoms with Crippen molar-refractivity contribution in [2.75, 3.05) is 18.0 Å². The van der Waals surface area contributed by atoms with Crippen LogP contribution in [0.1, 0.15) is 43.0 Å². The molecule has 1 saturated heterocycles. The Hall–Kier alpha value is -2.49. The lowest BCUT2D eigenvalue weighted by atomic mass is 9.96. The van der Waals surface area contributed by atoms with E-state index in [9.17, 15) is 8.78 Å². The largest absolute Gasteiger partial charge is 0.366 e. The molecular weight excluding hydrogens is 302 g/mol. The SMILES string of the molecule is CCc1nc([C@H]2CCCN(c3c(F)cc(C#N)cc3F)C2)no1. The van der Waals surface area contributed by atoms with Crippen molar-refractivity contribution in [1.29, 1.82) is 5.26 Å². The van der Waals surface area contributed by atoms with Gasteiger partial charge in [0.2, 0.25) is 5.89 Å². The summed E-state index contributed by atoms with van der Waals surface area (Å²) in [7, 11) is 0. The fourth-order valence-corrected chi connectivity index (χ4v) is 2.90. The van der Waals surface area contributed by atoms with Gasteiger partial charge in [-0.25, -0.2) is 8.78 Å². The van der Waals surface area contributed by atoms with E-state index in [2.05, 4.69) is 10.1 Å². The predicted octanol–water partition coefficient (Wildman–Crippen LogP) is 3.17. The molecule has 1 aromatic carbocycles. The smallest absolute Gasteiger partial charge is 0.226 e. The average Bonchev–Trinajstić information content (AvgIpc) is 3.03. The van der Waals surface area contributed by atoms with Crippen LogP contribution in [0.2, 0.25) is 0 Å². The maximum Gasteiger partial charge on any atom is 0.226 e. The predicted molar refractivity (Wildman–Crippen MR) is 78.9 cm³/mol. The van der Waals surface area contributed by atoms with Gasteiger partial charge in [-0.15, -0.1) is 0 Å². The lowest BCUT2D eigenvalue weighted by molar-refractivity contribution is 0.367. The molecule has 1 fully saturated rings. The van der Waals surface area contributed by atoms with Crippen LogP contribution in [0.15, 0.2) is 16.7 Å². The molecule has 0 saturated carbocycles. The van der Waals surface area contributed by atoms with E-state index in [-0.39, 0.29) is 17.2 Å². The van der Waals surface area contributed by atoms with Crippen LogP contribution in [0, 0.1) is 23.0 Å². The Morgan fingerprint density at radius 3 is 2.74 bits per heavy atom. The third-order valence-electron chi connectivity index (χ3n) is 4.04. The number of benzene rings is 1. The molecular formula is C16H16F2N4O. The van der Waals surface area contributed by atoms with Gasteiger partial charge >= 0.3 is 0 Å². The number of nitrogens with zero attached hydrogens (tertiary/aromatic N) is 4. The van der Waals surface area contributed by atoms with Gasteiger partial charge in [-0.3, -0.25) is 0 Å². The number of aryl methyl sites for hydroxylation is 1. The lowest BCUT2D eigenvalue weighted by Gasteiger charge is -2.33. The monoisotopic (exact) mass is 318 g/mol. The molecule has 0 bridgehead atoms. The number of rotatable bonds is 3. The first-order valence-corrected chi connectivity index (χ1v) is 7.59. The minimum atomic E-state index is -0.718. The van der Waals surface area contributed by atoms with E-state index in [0.717, 1.165) is 25.0 Å². The van der Waals surface area contributed by atoms with Crippen LogP contribution in [-0.2, 0) is 6.42 Å². The van der Waals surface area contributed by atoms with Gasteiger partial charge in [0.15, 0.2) is 17.5 Å². The summed E-state index contributed by atoms with van der Waals surface area (Å²) in [5, 5.41) is 12.7. The van der Waals surface area contributed by atoms with Crippen molar-refractivity contribution in [3.05, 3.63) is 41.0 Å². The minimum Gasteiger partial charge on any atom is -0.366 e. The zero-order valence-corrected chi connectivity index (χ0v) is 12.7. The van der Waals surface area contributed by atoms with E-state index in [1.54, 1.807) is 11.0 Å². The summed E-state index contributed by atoms with van der Waals surface area (Å²) >= 11 is 0. The van der Waals surface area contributed by atoms with Crippen LogP contribution >= 0.6 is 0 Å². The summed E-state index contributed by atoms with van der Waals surface area (Å²) in [5.41, 5.74) is -0.115. The van der Waals surface area contributed by atoms with Gasteiger partial charge < -0.3 is 9.42 Å². The topological polar surface area (TPSA) is 66.0 Å². The van der Waals surface area contributed by atoms with E-state index >= 15 is 0 Å². The van der Waals surface area contributed by atoms with Gasteiger partial charge in [0.25, 0.3) is 0 Å². The molecule has 5 nitrogen and oxygen atoms in total. The lowest BCUT2D eigenvalue weighted by Crippen LogP contribution is -2.36. The highest BCUT2D eigenvalue weighted by molar-refractivity contribution is 5.53. The van der Waals surface area contributed by atoms with Crippen LogP contribution in [0.25, 0.3) is 0 Å². The minimum absolute atomic E-state index is 0.0249. The molecule has 0 amide bonds. The summed E-state index contributed by atoms with van der Waals surface area (Å²) in [6.45, 7) is 2.89. The Balaban J connectivity index is 1.85. The van der Waals surface area contributed by atoms with Crippen molar-refractivity contribution in [3.8, 4) is 6.07 Å². The highest BCUT2D eigenvalue weighted by atomic mass is 19.1. The molecule has 7 heteroatoms. The van der Waals surface area contributed by atoms with Crippen molar-refractivity contribution >= 4 is 5.69 Å². The van der Waals surface area contributed by atoms with Crippen molar-refractivity contribution in [2.24, 2.45) is 0 Å². The first-order valence-electron chi connectivity index (χ1n) is 7.59. The Labute approximate surface area is 132 Å². The van der Waals surface area contributed by atoms with Crippen molar-refractivity contribution in [1.82, 2.24) is 10.1 Å². The number of halogens is 2. The molecule has 3 rings (SSSR count). The molecule has 0 spiro atoms. The number of nitriles is 1. The molecule has 1 aromatic heterocycles. The molecule has 1 aliphatic rings. The molecule has 1 aliphatic heterocycles. The second-order valence-corrected chi connectivity index (χ2v) is 5.59. The Morgan fingerprint density at radius 1 is 1.39 bits per heavy atom. The number of anilines is 1. The maximum absolute atomic E-state index is 14.2. The van der Waals surface area contributed by atoms with E-state index < -0.39 is 11.6 Å². The fourth-order valence-electron chi connectivity index (χ4n) is 2.90. The second-order valence-electron chi connectivity index (χ2n) is 5.59. The zero-order chi connectivity index (χ0) is 16.4. The van der Waals surface area contributed by atoms with Gasteiger partial charge in [0.05, 0.1) is 11.6 Å². The molecule has 120 valence electrons. The third kappa shape index (κ3) is 3.02. The summed E-state index contributed by atoms with van der Waals surface area (Å²) < 4.78 is 33.5. The van der Waals surface area contributed by atoms with Crippen LogP contribution in [0.5, 0.6) is 0 Å². The molecule has 0 aliphatic carbocycles. The Bertz CT molecular complexity index is 730. The van der Waals surface area contributed by atoms with Gasteiger partial charge in [-0.1, -0.05) is 12.1 Å². The van der Waals surface area contributed by atoms with Crippen LogP contribution in [0.3, 0.4) is 0 Å². The fraction of sp³-hybridized carbons (Fsp3) is 0.438. The molecule has 0 radical (unpaired) electrons. The van der Waals surface area contributed by atoms with Gasteiger partial charge in [0, 0.05) is 25.4 Å². The van der Waals surface area contributed by atoms with E-state index in [0.29, 0.717) is 31.2 Å². The van der Waals surface area contributed by atoms with Gasteiger partial charge in [-0.05, 0) is 25.0 Å². The van der Waals surface area contributed by atoms with Crippen LogP contribution in [-0.4, -0.2) is 23.2 Å². The molecule has 0 unspecified atom stereocenters. The molecule has 2 heterocycles. The molecule has 23 heavy (non-hydrogen) atoms. The summed E-state index contributed by atoms with van der Waals surface area (Å²) in [6, 6.07) is 3.87. The number of aromatic nitrogens is 2. The third-order valence-corrected chi connectivity index (χ3v) is 4.04. The molecule has 1 atom stereocenters.